The number of hydrogen-bond donors (Lipinski definition) is 2. The van der Waals surface area contributed by atoms with E-state index >= 15 is 0 Å². The Bertz CT molecular complexity index is 1770. The van der Waals surface area contributed by atoms with E-state index in [0.717, 1.165) is 16.8 Å². The van der Waals surface area contributed by atoms with Gasteiger partial charge >= 0.3 is 5.69 Å². The Balaban J connectivity index is 1.55. The summed E-state index contributed by atoms with van der Waals surface area (Å²) in [7, 11) is 1.58. The fourth-order valence-electron chi connectivity index (χ4n) is 4.96. The van der Waals surface area contributed by atoms with Crippen LogP contribution in [-0.4, -0.2) is 70.0 Å². The van der Waals surface area contributed by atoms with Gasteiger partial charge in [0.2, 0.25) is 12.3 Å². The molecule has 4 heterocycles. The van der Waals surface area contributed by atoms with Crippen LogP contribution in [0.5, 0.6) is 5.75 Å². The van der Waals surface area contributed by atoms with Crippen LogP contribution in [0.15, 0.2) is 52.0 Å². The predicted octanol–water partition coefficient (Wildman–Crippen LogP) is 1.95. The SMILES string of the molecule is COc1cc2c(cc1-c1c(C)noc1C)ncc1c2n(Cc2ccccn2)c(=O)n1CC(=O)NCCOCCNC=O. The molecule has 0 fully saturated rings. The first-order valence-electron chi connectivity index (χ1n) is 13.4. The fourth-order valence-corrected chi connectivity index (χ4v) is 4.96. The van der Waals surface area contributed by atoms with Gasteiger partial charge in [-0.1, -0.05) is 11.2 Å². The Labute approximate surface area is 240 Å². The Kier molecular flexibility index (Phi) is 8.58. The van der Waals surface area contributed by atoms with E-state index in [1.165, 1.54) is 4.57 Å². The Hall–Kier alpha value is -5.04. The van der Waals surface area contributed by atoms with Crippen LogP contribution >= 0.6 is 0 Å². The van der Waals surface area contributed by atoms with E-state index in [1.54, 1.807) is 24.1 Å². The number of methoxy groups -OCH3 is 1. The normalized spacial score (nSPS) is 11.2. The zero-order valence-corrected chi connectivity index (χ0v) is 23.5. The van der Waals surface area contributed by atoms with Crippen molar-refractivity contribution >= 4 is 34.3 Å². The number of carbonyl (C=O) groups excluding carboxylic acids is 2. The van der Waals surface area contributed by atoms with Gasteiger partial charge in [0.15, 0.2) is 0 Å². The van der Waals surface area contributed by atoms with Crippen molar-refractivity contribution in [1.82, 2.24) is 34.9 Å². The summed E-state index contributed by atoms with van der Waals surface area (Å²) < 4.78 is 19.6. The van der Waals surface area contributed by atoms with Crippen molar-refractivity contribution in [3.05, 3.63) is 70.4 Å². The molecule has 13 heteroatoms. The van der Waals surface area contributed by atoms with Gasteiger partial charge in [0.05, 0.1) is 66.6 Å². The van der Waals surface area contributed by atoms with Gasteiger partial charge in [0.25, 0.3) is 0 Å². The van der Waals surface area contributed by atoms with Gasteiger partial charge in [-0.05, 0) is 38.1 Å². The monoisotopic (exact) mass is 573 g/mol. The fraction of sp³-hybridized carbons (Fsp3) is 0.310. The number of hydrogen-bond acceptors (Lipinski definition) is 9. The number of fused-ring (bicyclic) bond motifs is 3. The lowest BCUT2D eigenvalue weighted by Gasteiger charge is -2.12. The summed E-state index contributed by atoms with van der Waals surface area (Å²) in [6, 6.07) is 9.25. The molecule has 0 saturated heterocycles. The average Bonchev–Trinajstić information content (AvgIpc) is 3.47. The molecule has 0 aliphatic carbocycles. The van der Waals surface area contributed by atoms with Gasteiger partial charge in [-0.2, -0.15) is 0 Å². The lowest BCUT2D eigenvalue weighted by molar-refractivity contribution is -0.121. The second-order valence-electron chi connectivity index (χ2n) is 9.57. The number of aromatic nitrogens is 5. The second kappa shape index (κ2) is 12.6. The lowest BCUT2D eigenvalue weighted by atomic mass is 10.0. The van der Waals surface area contributed by atoms with E-state index in [1.807, 2.05) is 44.2 Å². The highest BCUT2D eigenvalue weighted by Gasteiger charge is 2.22. The van der Waals surface area contributed by atoms with E-state index in [2.05, 4.69) is 25.8 Å². The molecule has 0 unspecified atom stereocenters. The van der Waals surface area contributed by atoms with Gasteiger partial charge in [-0.3, -0.25) is 28.7 Å². The molecule has 42 heavy (non-hydrogen) atoms. The maximum absolute atomic E-state index is 13.8. The minimum absolute atomic E-state index is 0.195. The smallest absolute Gasteiger partial charge is 0.330 e. The zero-order valence-electron chi connectivity index (χ0n) is 23.5. The molecule has 218 valence electrons. The number of aryl methyl sites for hydroxylation is 2. The van der Waals surface area contributed by atoms with E-state index in [4.69, 9.17) is 14.0 Å². The molecule has 2 N–H and O–H groups in total. The van der Waals surface area contributed by atoms with Crippen LogP contribution in [0.25, 0.3) is 33.1 Å². The highest BCUT2D eigenvalue weighted by Crippen LogP contribution is 2.38. The number of pyridine rings is 2. The van der Waals surface area contributed by atoms with Crippen molar-refractivity contribution < 1.29 is 23.6 Å². The van der Waals surface area contributed by atoms with Crippen LogP contribution in [0.2, 0.25) is 0 Å². The largest absolute Gasteiger partial charge is 0.496 e. The molecule has 0 bridgehead atoms. The topological polar surface area (TPSA) is 155 Å². The van der Waals surface area contributed by atoms with Gasteiger partial charge in [-0.15, -0.1) is 0 Å². The number of nitrogens with one attached hydrogen (secondary N) is 2. The van der Waals surface area contributed by atoms with E-state index < -0.39 is 0 Å². The minimum atomic E-state index is -0.370. The van der Waals surface area contributed by atoms with Crippen molar-refractivity contribution in [3.8, 4) is 16.9 Å². The molecular weight excluding hydrogens is 542 g/mol. The van der Waals surface area contributed by atoms with Gasteiger partial charge in [0, 0.05) is 30.2 Å². The van der Waals surface area contributed by atoms with Crippen LogP contribution in [0.3, 0.4) is 0 Å². The first-order valence-corrected chi connectivity index (χ1v) is 13.4. The number of ether oxygens (including phenoxy) is 2. The van der Waals surface area contributed by atoms with E-state index in [-0.39, 0.29) is 37.8 Å². The van der Waals surface area contributed by atoms with Crippen molar-refractivity contribution in [2.45, 2.75) is 26.9 Å². The summed E-state index contributed by atoms with van der Waals surface area (Å²) >= 11 is 0. The quantitative estimate of drug-likeness (QED) is 0.159. The predicted molar refractivity (Wildman–Crippen MR) is 154 cm³/mol. The number of carbonyl (C=O) groups is 2. The standard InChI is InChI=1S/C29H31N7O6/c1-18-27(19(2)42-34-18)22-12-23-21(13-25(22)40-3)28-24(14-33-23)35(16-26(38)32-9-11-41-10-8-30-17-37)29(39)36(28)15-20-6-4-5-7-31-20/h4-7,12-14,17H,8-11,15-16H2,1-3H3,(H,30,37)(H,32,38). The van der Waals surface area contributed by atoms with Crippen LogP contribution in [0.1, 0.15) is 17.1 Å². The van der Waals surface area contributed by atoms with Crippen LogP contribution in [-0.2, 0) is 27.4 Å². The summed E-state index contributed by atoms with van der Waals surface area (Å²) in [5.74, 6) is 0.866. The lowest BCUT2D eigenvalue weighted by Crippen LogP contribution is -2.35. The number of nitrogens with zero attached hydrogens (tertiary/aromatic N) is 5. The molecule has 4 aromatic heterocycles. The molecule has 0 aliphatic heterocycles. The summed E-state index contributed by atoms with van der Waals surface area (Å²) in [6.07, 6.45) is 3.87. The Morgan fingerprint density at radius 3 is 2.67 bits per heavy atom. The molecule has 5 aromatic rings. The number of benzene rings is 1. The summed E-state index contributed by atoms with van der Waals surface area (Å²) in [4.78, 5) is 46.1. The molecule has 0 spiro atoms. The van der Waals surface area contributed by atoms with E-state index in [9.17, 15) is 14.4 Å². The molecular formula is C29H31N7O6. The highest BCUT2D eigenvalue weighted by atomic mass is 16.5. The third kappa shape index (κ3) is 5.72. The first-order chi connectivity index (χ1) is 20.4. The van der Waals surface area contributed by atoms with Crippen LogP contribution in [0.4, 0.5) is 0 Å². The van der Waals surface area contributed by atoms with Crippen molar-refractivity contribution in [2.75, 3.05) is 33.4 Å². The minimum Gasteiger partial charge on any atom is -0.496 e. The Morgan fingerprint density at radius 1 is 1.12 bits per heavy atom. The molecule has 0 aliphatic rings. The maximum Gasteiger partial charge on any atom is 0.330 e. The third-order valence-corrected chi connectivity index (χ3v) is 6.86. The molecule has 5 rings (SSSR count). The summed E-state index contributed by atoms with van der Waals surface area (Å²) in [6.45, 7) is 4.91. The van der Waals surface area contributed by atoms with Crippen molar-refractivity contribution in [1.29, 1.82) is 0 Å². The summed E-state index contributed by atoms with van der Waals surface area (Å²) in [5, 5.41) is 10.0. The first kappa shape index (κ1) is 28.5. The van der Waals surface area contributed by atoms with Crippen molar-refractivity contribution in [3.63, 3.8) is 0 Å². The molecule has 1 aromatic carbocycles. The zero-order chi connectivity index (χ0) is 29.6. The number of amides is 2. The van der Waals surface area contributed by atoms with Crippen LogP contribution in [0, 0.1) is 13.8 Å². The number of rotatable bonds is 13. The highest BCUT2D eigenvalue weighted by molar-refractivity contribution is 6.05. The number of imidazole rings is 1. The van der Waals surface area contributed by atoms with Crippen LogP contribution < -0.4 is 21.1 Å². The molecule has 0 radical (unpaired) electrons. The molecule has 2 amide bonds. The van der Waals surface area contributed by atoms with Gasteiger partial charge in [-0.25, -0.2) is 4.79 Å². The maximum atomic E-state index is 13.8. The average molecular weight is 574 g/mol. The van der Waals surface area contributed by atoms with E-state index in [0.29, 0.717) is 58.7 Å². The molecule has 0 saturated carbocycles. The third-order valence-electron chi connectivity index (χ3n) is 6.86. The van der Waals surface area contributed by atoms with Gasteiger partial charge < -0.3 is 24.6 Å². The summed E-state index contributed by atoms with van der Waals surface area (Å²) in [5.41, 5.74) is 4.38. The van der Waals surface area contributed by atoms with Gasteiger partial charge in [0.1, 0.15) is 18.1 Å². The Morgan fingerprint density at radius 2 is 1.95 bits per heavy atom. The molecule has 13 nitrogen and oxygen atoms in total. The molecule has 0 atom stereocenters. The van der Waals surface area contributed by atoms with Crippen molar-refractivity contribution in [2.24, 2.45) is 0 Å². The second-order valence-corrected chi connectivity index (χ2v) is 9.57.